The summed E-state index contributed by atoms with van der Waals surface area (Å²) in [5, 5.41) is 6.17. The van der Waals surface area contributed by atoms with E-state index in [0.29, 0.717) is 11.5 Å². The van der Waals surface area contributed by atoms with E-state index in [0.717, 1.165) is 12.8 Å². The molecule has 1 aliphatic carbocycles. The first-order chi connectivity index (χ1) is 12.1. The lowest BCUT2D eigenvalue weighted by Crippen LogP contribution is -2.43. The first-order valence-electron chi connectivity index (χ1n) is 8.73. The summed E-state index contributed by atoms with van der Waals surface area (Å²) in [6, 6.07) is -0.120. The molecule has 0 aliphatic heterocycles. The lowest BCUT2D eigenvalue weighted by molar-refractivity contribution is -0.134. The predicted octanol–water partition coefficient (Wildman–Crippen LogP) is 2.30. The van der Waals surface area contributed by atoms with Crippen molar-refractivity contribution in [2.45, 2.75) is 57.5 Å². The number of hydrogen-bond acceptors (Lipinski definition) is 6. The second-order valence-corrected chi connectivity index (χ2v) is 6.25. The van der Waals surface area contributed by atoms with Gasteiger partial charge in [0, 0.05) is 12.1 Å². The highest BCUT2D eigenvalue weighted by molar-refractivity contribution is 5.86. The van der Waals surface area contributed by atoms with Crippen molar-refractivity contribution in [2.75, 3.05) is 12.4 Å². The number of hydrogen-bond donors (Lipinski definition) is 2. The minimum Gasteiger partial charge on any atom is -0.466 e. The lowest BCUT2D eigenvalue weighted by atomic mass is 10.1. The third kappa shape index (κ3) is 6.52. The first-order valence-corrected chi connectivity index (χ1v) is 8.73. The summed E-state index contributed by atoms with van der Waals surface area (Å²) < 4.78 is 4.51. The molecule has 0 radical (unpaired) electrons. The van der Waals surface area contributed by atoms with E-state index in [1.54, 1.807) is 6.92 Å². The number of nitrogens with one attached hydrogen (secondary N) is 2. The molecule has 0 aromatic carbocycles. The average Bonchev–Trinajstić information content (AvgIpc) is 2.89. The number of rotatable bonds is 6. The standard InChI is InChI=1S/C18H26N4O3/c1-13(18(24)22-14-7-5-3-4-6-8-14)21-16-12-19-15(11-20-16)9-10-17(23)25-2/h9-14H,3-8H2,1-2H3,(H,20,21)(H,22,24)/b10-9+/t13-/m1/s1. The molecule has 0 saturated heterocycles. The molecule has 0 unspecified atom stereocenters. The van der Waals surface area contributed by atoms with Crippen LogP contribution >= 0.6 is 0 Å². The molecular weight excluding hydrogens is 320 g/mol. The van der Waals surface area contributed by atoms with Crippen molar-refractivity contribution in [1.29, 1.82) is 0 Å². The minimum absolute atomic E-state index is 0.0247. The summed E-state index contributed by atoms with van der Waals surface area (Å²) in [5.41, 5.74) is 0.534. The van der Waals surface area contributed by atoms with Gasteiger partial charge in [-0.3, -0.25) is 9.78 Å². The van der Waals surface area contributed by atoms with Gasteiger partial charge >= 0.3 is 5.97 Å². The molecule has 25 heavy (non-hydrogen) atoms. The molecule has 1 amide bonds. The van der Waals surface area contributed by atoms with E-state index in [4.69, 9.17) is 0 Å². The highest BCUT2D eigenvalue weighted by Gasteiger charge is 2.19. The Morgan fingerprint density at radius 3 is 2.52 bits per heavy atom. The van der Waals surface area contributed by atoms with E-state index in [1.807, 2.05) is 0 Å². The highest BCUT2D eigenvalue weighted by atomic mass is 16.5. The predicted molar refractivity (Wildman–Crippen MR) is 95.8 cm³/mol. The van der Waals surface area contributed by atoms with Crippen molar-refractivity contribution in [3.05, 3.63) is 24.2 Å². The van der Waals surface area contributed by atoms with Gasteiger partial charge in [0.05, 0.1) is 25.2 Å². The maximum absolute atomic E-state index is 12.3. The highest BCUT2D eigenvalue weighted by Crippen LogP contribution is 2.17. The van der Waals surface area contributed by atoms with Crippen LogP contribution in [0, 0.1) is 0 Å². The fraction of sp³-hybridized carbons (Fsp3) is 0.556. The van der Waals surface area contributed by atoms with Crippen LogP contribution in [-0.4, -0.2) is 41.0 Å². The summed E-state index contributed by atoms with van der Waals surface area (Å²) >= 11 is 0. The van der Waals surface area contributed by atoms with E-state index >= 15 is 0 Å². The molecule has 2 rings (SSSR count). The molecule has 7 nitrogen and oxygen atoms in total. The number of nitrogens with zero attached hydrogens (tertiary/aromatic N) is 2. The van der Waals surface area contributed by atoms with Crippen molar-refractivity contribution in [2.24, 2.45) is 0 Å². The van der Waals surface area contributed by atoms with E-state index in [1.165, 1.54) is 57.3 Å². The second kappa shape index (κ2) is 9.76. The van der Waals surface area contributed by atoms with Crippen molar-refractivity contribution in [1.82, 2.24) is 15.3 Å². The molecule has 1 heterocycles. The third-order valence-electron chi connectivity index (χ3n) is 4.22. The molecular formula is C18H26N4O3. The number of carbonyl (C=O) groups excluding carboxylic acids is 2. The zero-order valence-electron chi connectivity index (χ0n) is 14.8. The number of methoxy groups -OCH3 is 1. The van der Waals surface area contributed by atoms with Crippen LogP contribution in [-0.2, 0) is 14.3 Å². The third-order valence-corrected chi connectivity index (χ3v) is 4.22. The van der Waals surface area contributed by atoms with Gasteiger partial charge in [-0.1, -0.05) is 25.7 Å². The summed E-state index contributed by atoms with van der Waals surface area (Å²) in [6.45, 7) is 1.80. The number of esters is 1. The SMILES string of the molecule is COC(=O)/C=C/c1cnc(N[C@H](C)C(=O)NC2CCCCCC2)cn1. The van der Waals surface area contributed by atoms with Gasteiger partial charge in [0.15, 0.2) is 0 Å². The normalized spacial score (nSPS) is 16.9. The zero-order chi connectivity index (χ0) is 18.1. The Morgan fingerprint density at radius 2 is 1.92 bits per heavy atom. The number of anilines is 1. The Kier molecular flexibility index (Phi) is 7.37. The van der Waals surface area contributed by atoms with Crippen LogP contribution in [0.15, 0.2) is 18.5 Å². The molecule has 136 valence electrons. The fourth-order valence-corrected chi connectivity index (χ4v) is 2.76. The van der Waals surface area contributed by atoms with Crippen LogP contribution in [0.25, 0.3) is 6.08 Å². The Morgan fingerprint density at radius 1 is 1.20 bits per heavy atom. The van der Waals surface area contributed by atoms with E-state index in [2.05, 4.69) is 25.3 Å². The Balaban J connectivity index is 1.84. The van der Waals surface area contributed by atoms with Gasteiger partial charge < -0.3 is 15.4 Å². The molecule has 0 bridgehead atoms. The summed E-state index contributed by atoms with van der Waals surface area (Å²) in [7, 11) is 1.31. The van der Waals surface area contributed by atoms with Crippen molar-refractivity contribution < 1.29 is 14.3 Å². The van der Waals surface area contributed by atoms with Gasteiger partial charge in [-0.05, 0) is 25.8 Å². The Hall–Kier alpha value is -2.44. The van der Waals surface area contributed by atoms with Crippen LogP contribution in [0.5, 0.6) is 0 Å². The maximum atomic E-state index is 12.3. The Labute approximate surface area is 148 Å². The van der Waals surface area contributed by atoms with Gasteiger partial charge in [-0.15, -0.1) is 0 Å². The molecule has 1 aliphatic rings. The van der Waals surface area contributed by atoms with Crippen LogP contribution < -0.4 is 10.6 Å². The summed E-state index contributed by atoms with van der Waals surface area (Å²) in [4.78, 5) is 31.7. The second-order valence-electron chi connectivity index (χ2n) is 6.25. The quantitative estimate of drug-likeness (QED) is 0.466. The average molecular weight is 346 g/mol. The number of amides is 1. The van der Waals surface area contributed by atoms with Gasteiger partial charge in [0.1, 0.15) is 11.9 Å². The Bertz CT molecular complexity index is 593. The first kappa shape index (κ1) is 18.9. The van der Waals surface area contributed by atoms with Crippen LogP contribution in [0.2, 0.25) is 0 Å². The fourth-order valence-electron chi connectivity index (χ4n) is 2.76. The molecule has 1 fully saturated rings. The number of carbonyl (C=O) groups is 2. The summed E-state index contributed by atoms with van der Waals surface area (Å²) in [6.07, 6.45) is 12.8. The van der Waals surface area contributed by atoms with E-state index in [9.17, 15) is 9.59 Å². The maximum Gasteiger partial charge on any atom is 0.330 e. The van der Waals surface area contributed by atoms with Crippen LogP contribution in [0.4, 0.5) is 5.82 Å². The van der Waals surface area contributed by atoms with Gasteiger partial charge in [-0.2, -0.15) is 0 Å². The molecule has 1 atom stereocenters. The zero-order valence-corrected chi connectivity index (χ0v) is 14.8. The summed E-state index contributed by atoms with van der Waals surface area (Å²) in [5.74, 6) is 0.0369. The van der Waals surface area contributed by atoms with Crippen molar-refractivity contribution in [3.63, 3.8) is 0 Å². The van der Waals surface area contributed by atoms with Crippen LogP contribution in [0.3, 0.4) is 0 Å². The molecule has 1 aromatic rings. The van der Waals surface area contributed by atoms with Crippen molar-refractivity contribution in [3.8, 4) is 0 Å². The largest absolute Gasteiger partial charge is 0.466 e. The van der Waals surface area contributed by atoms with Crippen LogP contribution in [0.1, 0.15) is 51.1 Å². The molecule has 1 saturated carbocycles. The van der Waals surface area contributed by atoms with Gasteiger partial charge in [0.25, 0.3) is 0 Å². The van der Waals surface area contributed by atoms with Gasteiger partial charge in [-0.25, -0.2) is 9.78 Å². The number of ether oxygens (including phenoxy) is 1. The van der Waals surface area contributed by atoms with Crippen molar-refractivity contribution >= 4 is 23.8 Å². The lowest BCUT2D eigenvalue weighted by Gasteiger charge is -2.20. The smallest absolute Gasteiger partial charge is 0.330 e. The molecule has 7 heteroatoms. The molecule has 2 N–H and O–H groups in total. The topological polar surface area (TPSA) is 93.2 Å². The van der Waals surface area contributed by atoms with E-state index < -0.39 is 12.0 Å². The molecule has 0 spiro atoms. The monoisotopic (exact) mass is 346 g/mol. The molecule has 1 aromatic heterocycles. The van der Waals surface area contributed by atoms with Gasteiger partial charge in [0.2, 0.25) is 5.91 Å². The minimum atomic E-state index is -0.451. The number of aromatic nitrogens is 2. The van der Waals surface area contributed by atoms with E-state index in [-0.39, 0.29) is 11.9 Å².